The van der Waals surface area contributed by atoms with E-state index >= 15 is 0 Å². The number of fused-ring (bicyclic) bond motifs is 1. The maximum absolute atomic E-state index is 12.7. The fourth-order valence-corrected chi connectivity index (χ4v) is 3.32. The van der Waals surface area contributed by atoms with Gasteiger partial charge in [-0.05, 0) is 31.5 Å². The topological polar surface area (TPSA) is 57.6 Å². The van der Waals surface area contributed by atoms with Crippen LogP contribution in [0, 0.1) is 0 Å². The second-order valence-corrected chi connectivity index (χ2v) is 6.71. The fraction of sp³-hybridized carbons (Fsp3) is 0.556. The van der Waals surface area contributed by atoms with E-state index in [9.17, 15) is 14.7 Å². The normalized spacial score (nSPS) is 20.0. The van der Waals surface area contributed by atoms with Gasteiger partial charge >= 0.3 is 0 Å². The maximum atomic E-state index is 12.7. The molecule has 2 rings (SSSR count). The summed E-state index contributed by atoms with van der Waals surface area (Å²) in [7, 11) is 0. The Labute approximate surface area is 142 Å². The van der Waals surface area contributed by atoms with Crippen LogP contribution in [0.4, 0.5) is 5.69 Å². The van der Waals surface area contributed by atoms with Crippen molar-refractivity contribution in [1.29, 1.82) is 0 Å². The largest absolute Gasteiger partial charge is 0.375 e. The van der Waals surface area contributed by atoms with Crippen LogP contribution < -0.4 is 4.90 Å². The molecule has 0 saturated carbocycles. The number of carbonyl (C=O) groups is 2. The SMILES string of the molecule is CCCCCCCN1C(=O)C(O)(CC(C)=O)c2cc(Cl)ccc21. The molecule has 1 N–H and O–H groups in total. The molecule has 0 saturated heterocycles. The Morgan fingerprint density at radius 3 is 2.61 bits per heavy atom. The van der Waals surface area contributed by atoms with Crippen LogP contribution >= 0.6 is 11.6 Å². The van der Waals surface area contributed by atoms with E-state index in [1.807, 2.05) is 0 Å². The van der Waals surface area contributed by atoms with Gasteiger partial charge in [0.2, 0.25) is 0 Å². The zero-order valence-corrected chi connectivity index (χ0v) is 14.5. The quantitative estimate of drug-likeness (QED) is 0.733. The fourth-order valence-electron chi connectivity index (χ4n) is 3.15. The summed E-state index contributed by atoms with van der Waals surface area (Å²) in [5, 5.41) is 11.3. The van der Waals surface area contributed by atoms with E-state index < -0.39 is 11.5 Å². The number of halogens is 1. The van der Waals surface area contributed by atoms with Gasteiger partial charge in [0.1, 0.15) is 5.78 Å². The number of rotatable bonds is 8. The molecule has 23 heavy (non-hydrogen) atoms. The molecular weight excluding hydrogens is 314 g/mol. The minimum Gasteiger partial charge on any atom is -0.375 e. The van der Waals surface area contributed by atoms with Crippen molar-refractivity contribution in [3.8, 4) is 0 Å². The summed E-state index contributed by atoms with van der Waals surface area (Å²) in [6.45, 7) is 4.09. The van der Waals surface area contributed by atoms with Gasteiger partial charge in [0.05, 0.1) is 5.69 Å². The number of benzene rings is 1. The number of aliphatic hydroxyl groups is 1. The Morgan fingerprint density at radius 2 is 1.96 bits per heavy atom. The summed E-state index contributed by atoms with van der Waals surface area (Å²) in [6.07, 6.45) is 5.21. The molecule has 0 aromatic heterocycles. The Bertz CT molecular complexity index is 602. The summed E-state index contributed by atoms with van der Waals surface area (Å²) < 4.78 is 0. The van der Waals surface area contributed by atoms with Crippen LogP contribution in [-0.4, -0.2) is 23.3 Å². The number of carbonyl (C=O) groups excluding carboxylic acids is 2. The molecule has 1 amide bonds. The molecule has 0 fully saturated rings. The lowest BCUT2D eigenvalue weighted by atomic mass is 9.90. The third kappa shape index (κ3) is 3.75. The molecule has 1 aromatic carbocycles. The van der Waals surface area contributed by atoms with Gasteiger partial charge in [-0.3, -0.25) is 9.59 Å². The third-order valence-electron chi connectivity index (χ3n) is 4.28. The number of hydrogen-bond acceptors (Lipinski definition) is 3. The zero-order valence-electron chi connectivity index (χ0n) is 13.8. The van der Waals surface area contributed by atoms with Crippen LogP contribution in [-0.2, 0) is 15.2 Å². The van der Waals surface area contributed by atoms with E-state index in [-0.39, 0.29) is 12.2 Å². The van der Waals surface area contributed by atoms with E-state index in [1.54, 1.807) is 23.1 Å². The Hall–Kier alpha value is -1.39. The molecule has 1 aliphatic heterocycles. The molecule has 1 heterocycles. The summed E-state index contributed by atoms with van der Waals surface area (Å²) in [6, 6.07) is 5.05. The lowest BCUT2D eigenvalue weighted by Crippen LogP contribution is -2.41. The van der Waals surface area contributed by atoms with Crippen molar-refractivity contribution < 1.29 is 14.7 Å². The molecule has 126 valence electrons. The first kappa shape index (κ1) is 18.0. The van der Waals surface area contributed by atoms with Gasteiger partial charge in [-0.2, -0.15) is 0 Å². The van der Waals surface area contributed by atoms with Gasteiger partial charge < -0.3 is 10.0 Å². The van der Waals surface area contributed by atoms with E-state index in [4.69, 9.17) is 11.6 Å². The molecular formula is C18H24ClNO3. The first-order valence-electron chi connectivity index (χ1n) is 8.24. The number of Topliss-reactive ketones (excluding diaryl/α,β-unsaturated/α-hetero) is 1. The summed E-state index contributed by atoms with van der Waals surface area (Å²) in [4.78, 5) is 25.8. The lowest BCUT2D eigenvalue weighted by molar-refractivity contribution is -0.141. The van der Waals surface area contributed by atoms with Crippen LogP contribution in [0.1, 0.15) is 57.9 Å². The average molecular weight is 338 g/mol. The zero-order chi connectivity index (χ0) is 17.0. The predicted molar refractivity (Wildman–Crippen MR) is 91.8 cm³/mol. The van der Waals surface area contributed by atoms with Gasteiger partial charge in [-0.1, -0.05) is 44.2 Å². The van der Waals surface area contributed by atoms with Crippen molar-refractivity contribution in [3.63, 3.8) is 0 Å². The summed E-state index contributed by atoms with van der Waals surface area (Å²) >= 11 is 6.02. The molecule has 1 atom stereocenters. The van der Waals surface area contributed by atoms with Crippen LogP contribution in [0.15, 0.2) is 18.2 Å². The Kier molecular flexibility index (Phi) is 5.82. The number of hydrogen-bond donors (Lipinski definition) is 1. The van der Waals surface area contributed by atoms with Crippen molar-refractivity contribution in [2.45, 2.75) is 58.0 Å². The van der Waals surface area contributed by atoms with Crippen LogP contribution in [0.3, 0.4) is 0 Å². The molecule has 0 bridgehead atoms. The van der Waals surface area contributed by atoms with E-state index in [0.717, 1.165) is 19.3 Å². The standard InChI is InChI=1S/C18H24ClNO3/c1-3-4-5-6-7-10-20-16-9-8-14(19)11-15(16)18(23,17(20)22)12-13(2)21/h8-9,11,23H,3-7,10,12H2,1-2H3. The van der Waals surface area contributed by atoms with E-state index in [0.29, 0.717) is 22.8 Å². The second kappa shape index (κ2) is 7.45. The van der Waals surface area contributed by atoms with Crippen LogP contribution in [0.2, 0.25) is 5.02 Å². The second-order valence-electron chi connectivity index (χ2n) is 6.27. The van der Waals surface area contributed by atoms with Gasteiger partial charge in [-0.15, -0.1) is 0 Å². The lowest BCUT2D eigenvalue weighted by Gasteiger charge is -2.22. The van der Waals surface area contributed by atoms with E-state index in [2.05, 4.69) is 6.92 Å². The number of nitrogens with zero attached hydrogens (tertiary/aromatic N) is 1. The molecule has 1 aromatic rings. The molecule has 0 aliphatic carbocycles. The van der Waals surface area contributed by atoms with Crippen molar-refractivity contribution >= 4 is 29.0 Å². The highest BCUT2D eigenvalue weighted by Crippen LogP contribution is 2.43. The number of unbranched alkanes of at least 4 members (excludes halogenated alkanes) is 4. The van der Waals surface area contributed by atoms with Gasteiger partial charge in [0.15, 0.2) is 5.60 Å². The summed E-state index contributed by atoms with van der Waals surface area (Å²) in [5.41, 5.74) is -0.674. The Morgan fingerprint density at radius 1 is 1.26 bits per heavy atom. The first-order valence-corrected chi connectivity index (χ1v) is 8.61. The Balaban J connectivity index is 2.22. The van der Waals surface area contributed by atoms with Crippen molar-refractivity contribution in [3.05, 3.63) is 28.8 Å². The molecule has 1 unspecified atom stereocenters. The first-order chi connectivity index (χ1) is 10.9. The molecule has 0 radical (unpaired) electrons. The van der Waals surface area contributed by atoms with Gasteiger partial charge in [-0.25, -0.2) is 0 Å². The molecule has 4 nitrogen and oxygen atoms in total. The highest BCUT2D eigenvalue weighted by molar-refractivity contribution is 6.31. The number of anilines is 1. The highest BCUT2D eigenvalue weighted by atomic mass is 35.5. The molecule has 0 spiro atoms. The highest BCUT2D eigenvalue weighted by Gasteiger charge is 2.50. The maximum Gasteiger partial charge on any atom is 0.264 e. The van der Waals surface area contributed by atoms with Crippen molar-refractivity contribution in [2.75, 3.05) is 11.4 Å². The van der Waals surface area contributed by atoms with Crippen molar-refractivity contribution in [2.24, 2.45) is 0 Å². The number of ketones is 1. The van der Waals surface area contributed by atoms with Crippen molar-refractivity contribution in [1.82, 2.24) is 0 Å². The molecule has 1 aliphatic rings. The van der Waals surface area contributed by atoms with Crippen LogP contribution in [0.25, 0.3) is 0 Å². The minimum atomic E-state index is -1.78. The van der Waals surface area contributed by atoms with Crippen LogP contribution in [0.5, 0.6) is 0 Å². The summed E-state index contributed by atoms with van der Waals surface area (Å²) in [5.74, 6) is -0.642. The average Bonchev–Trinajstić information content (AvgIpc) is 2.68. The van der Waals surface area contributed by atoms with Gasteiger partial charge in [0, 0.05) is 23.6 Å². The molecule has 5 heteroatoms. The van der Waals surface area contributed by atoms with Gasteiger partial charge in [0.25, 0.3) is 5.91 Å². The third-order valence-corrected chi connectivity index (χ3v) is 4.52. The number of amides is 1. The predicted octanol–water partition coefficient (Wildman–Crippen LogP) is 3.82. The smallest absolute Gasteiger partial charge is 0.264 e. The van der Waals surface area contributed by atoms with E-state index in [1.165, 1.54) is 19.8 Å². The minimum absolute atomic E-state index is 0.217. The monoisotopic (exact) mass is 337 g/mol.